The minimum Gasteiger partial charge on any atom is -0.368 e. The average molecular weight is 278 g/mol. The van der Waals surface area contributed by atoms with Crippen LogP contribution in [0.3, 0.4) is 0 Å². The summed E-state index contributed by atoms with van der Waals surface area (Å²) >= 11 is 1.64. The summed E-state index contributed by atoms with van der Waals surface area (Å²) < 4.78 is 0. The van der Waals surface area contributed by atoms with Crippen LogP contribution in [0.25, 0.3) is 0 Å². The molecule has 1 aromatic rings. The lowest BCUT2D eigenvalue weighted by atomic mass is 10.2. The van der Waals surface area contributed by atoms with Gasteiger partial charge in [-0.2, -0.15) is 11.8 Å². The molecule has 19 heavy (non-hydrogen) atoms. The first-order valence-corrected chi connectivity index (χ1v) is 7.54. The number of nitrogens with two attached hydrogens (primary N) is 1. The summed E-state index contributed by atoms with van der Waals surface area (Å²) in [5.41, 5.74) is 6.62. The third kappa shape index (κ3) is 3.73. The molecule has 0 saturated carbocycles. The lowest BCUT2D eigenvalue weighted by molar-refractivity contribution is -0.135. The monoisotopic (exact) mass is 278 g/mol. The molecule has 1 atom stereocenters. The van der Waals surface area contributed by atoms with Crippen molar-refractivity contribution in [3.05, 3.63) is 35.9 Å². The molecule has 0 aromatic heterocycles. The first-order chi connectivity index (χ1) is 9.18. The van der Waals surface area contributed by atoms with Gasteiger partial charge in [0.05, 0.1) is 0 Å². The molecule has 2 rings (SSSR count). The molecule has 5 heteroatoms. The Kier molecular flexibility index (Phi) is 4.85. The topological polar surface area (TPSA) is 63.4 Å². The van der Waals surface area contributed by atoms with Crippen LogP contribution in [0.5, 0.6) is 0 Å². The maximum atomic E-state index is 11.7. The number of primary amides is 1. The quantitative estimate of drug-likeness (QED) is 0.855. The van der Waals surface area contributed by atoms with Crippen molar-refractivity contribution in [2.24, 2.45) is 5.73 Å². The normalized spacial score (nSPS) is 16.6. The Hall–Kier alpha value is -1.49. The molecule has 1 aromatic carbocycles. The molecule has 2 N–H and O–H groups in total. The smallest absolute Gasteiger partial charge is 0.241 e. The van der Waals surface area contributed by atoms with E-state index in [9.17, 15) is 9.59 Å². The highest BCUT2D eigenvalue weighted by molar-refractivity contribution is 7.98. The Bertz CT molecular complexity index is 450. The summed E-state index contributed by atoms with van der Waals surface area (Å²) in [5.74, 6) is 1.03. The summed E-state index contributed by atoms with van der Waals surface area (Å²) in [6.07, 6.45) is 1.36. The van der Waals surface area contributed by atoms with Gasteiger partial charge in [0.2, 0.25) is 11.8 Å². The zero-order valence-corrected chi connectivity index (χ0v) is 11.6. The van der Waals surface area contributed by atoms with E-state index in [0.29, 0.717) is 18.7 Å². The van der Waals surface area contributed by atoms with E-state index in [0.717, 1.165) is 12.2 Å². The fourth-order valence-electron chi connectivity index (χ4n) is 2.19. The van der Waals surface area contributed by atoms with Crippen molar-refractivity contribution < 1.29 is 9.59 Å². The molecule has 0 radical (unpaired) electrons. The highest BCUT2D eigenvalue weighted by Gasteiger charge is 2.31. The van der Waals surface area contributed by atoms with E-state index in [1.54, 1.807) is 16.7 Å². The molecular weight excluding hydrogens is 260 g/mol. The molecule has 1 aliphatic heterocycles. The molecule has 0 spiro atoms. The van der Waals surface area contributed by atoms with Crippen LogP contribution in [-0.4, -0.2) is 35.1 Å². The predicted octanol–water partition coefficient (Wildman–Crippen LogP) is 1.40. The van der Waals surface area contributed by atoms with E-state index >= 15 is 0 Å². The number of carbonyl (C=O) groups excluding carboxylic acids is 2. The van der Waals surface area contributed by atoms with E-state index in [2.05, 4.69) is 0 Å². The second-order valence-corrected chi connectivity index (χ2v) is 5.64. The van der Waals surface area contributed by atoms with Gasteiger partial charge in [0.25, 0.3) is 0 Å². The highest BCUT2D eigenvalue weighted by Crippen LogP contribution is 2.19. The van der Waals surface area contributed by atoms with E-state index in [-0.39, 0.29) is 5.91 Å². The van der Waals surface area contributed by atoms with Crippen molar-refractivity contribution in [1.82, 2.24) is 4.90 Å². The van der Waals surface area contributed by atoms with Crippen LogP contribution in [0.2, 0.25) is 0 Å². The second-order valence-electron chi connectivity index (χ2n) is 4.61. The Morgan fingerprint density at radius 1 is 1.37 bits per heavy atom. The Balaban J connectivity index is 1.87. The first kappa shape index (κ1) is 13.9. The Morgan fingerprint density at radius 2 is 2.11 bits per heavy atom. The van der Waals surface area contributed by atoms with Gasteiger partial charge in [0, 0.05) is 24.5 Å². The maximum absolute atomic E-state index is 11.7. The van der Waals surface area contributed by atoms with Crippen LogP contribution in [-0.2, 0) is 15.3 Å². The zero-order valence-electron chi connectivity index (χ0n) is 10.7. The van der Waals surface area contributed by atoms with E-state index in [4.69, 9.17) is 5.73 Å². The molecule has 102 valence electrons. The van der Waals surface area contributed by atoms with Crippen molar-refractivity contribution in [3.63, 3.8) is 0 Å². The molecule has 0 aliphatic carbocycles. The molecule has 1 fully saturated rings. The fourth-order valence-corrected chi connectivity index (χ4v) is 3.30. The van der Waals surface area contributed by atoms with Gasteiger partial charge in [-0.15, -0.1) is 0 Å². The van der Waals surface area contributed by atoms with E-state index in [1.807, 2.05) is 30.3 Å². The predicted molar refractivity (Wildman–Crippen MR) is 76.5 cm³/mol. The number of benzene rings is 1. The number of rotatable bonds is 6. The number of nitrogens with zero attached hydrogens (tertiary/aromatic N) is 1. The van der Waals surface area contributed by atoms with Gasteiger partial charge in [-0.3, -0.25) is 9.59 Å². The maximum Gasteiger partial charge on any atom is 0.241 e. The van der Waals surface area contributed by atoms with Crippen LogP contribution >= 0.6 is 11.8 Å². The summed E-state index contributed by atoms with van der Waals surface area (Å²) in [5, 5.41) is 0. The van der Waals surface area contributed by atoms with Gasteiger partial charge in [-0.05, 0) is 12.0 Å². The number of likely N-dealkylation sites (tertiary alicyclic amines) is 1. The van der Waals surface area contributed by atoms with Gasteiger partial charge in [0.15, 0.2) is 0 Å². The molecule has 0 bridgehead atoms. The molecule has 1 saturated heterocycles. The lowest BCUT2D eigenvalue weighted by Gasteiger charge is -2.24. The van der Waals surface area contributed by atoms with E-state index < -0.39 is 11.9 Å². The molecule has 0 unspecified atom stereocenters. The number of hydrogen-bond donors (Lipinski definition) is 1. The van der Waals surface area contributed by atoms with Crippen molar-refractivity contribution in [1.29, 1.82) is 0 Å². The number of thioether (sulfide) groups is 1. The van der Waals surface area contributed by atoms with Crippen LogP contribution < -0.4 is 5.73 Å². The Labute approximate surface area is 117 Å². The third-order valence-corrected chi connectivity index (χ3v) is 4.29. The standard InChI is InChI=1S/C14H18N2O2S/c15-14(18)12(16-8-4-7-13(16)17)10-19-9-11-5-2-1-3-6-11/h1-3,5-6,12H,4,7-10H2,(H2,15,18)/t12-/m0/s1. The SMILES string of the molecule is NC(=O)[C@H](CSCc1ccccc1)N1CCCC1=O. The molecule has 4 nitrogen and oxygen atoms in total. The van der Waals surface area contributed by atoms with Gasteiger partial charge < -0.3 is 10.6 Å². The number of hydrogen-bond acceptors (Lipinski definition) is 3. The zero-order chi connectivity index (χ0) is 13.7. The van der Waals surface area contributed by atoms with Gasteiger partial charge in [-0.25, -0.2) is 0 Å². The van der Waals surface area contributed by atoms with Gasteiger partial charge in [0.1, 0.15) is 6.04 Å². The highest BCUT2D eigenvalue weighted by atomic mass is 32.2. The summed E-state index contributed by atoms with van der Waals surface area (Å²) in [4.78, 5) is 24.8. The van der Waals surface area contributed by atoms with Gasteiger partial charge >= 0.3 is 0 Å². The number of carbonyl (C=O) groups is 2. The average Bonchev–Trinajstić information content (AvgIpc) is 2.82. The van der Waals surface area contributed by atoms with Crippen LogP contribution in [0.15, 0.2) is 30.3 Å². The second kappa shape index (κ2) is 6.61. The summed E-state index contributed by atoms with van der Waals surface area (Å²) in [6.45, 7) is 0.651. The van der Waals surface area contributed by atoms with Crippen LogP contribution in [0.4, 0.5) is 0 Å². The largest absolute Gasteiger partial charge is 0.368 e. The summed E-state index contributed by atoms with van der Waals surface area (Å²) in [7, 11) is 0. The van der Waals surface area contributed by atoms with E-state index in [1.165, 1.54) is 5.56 Å². The minimum atomic E-state index is -0.469. The molecule has 1 heterocycles. The number of amides is 2. The third-order valence-electron chi connectivity index (χ3n) is 3.20. The first-order valence-electron chi connectivity index (χ1n) is 6.39. The lowest BCUT2D eigenvalue weighted by Crippen LogP contribution is -2.47. The van der Waals surface area contributed by atoms with Crippen molar-refractivity contribution in [3.8, 4) is 0 Å². The van der Waals surface area contributed by atoms with Gasteiger partial charge in [-0.1, -0.05) is 30.3 Å². The van der Waals surface area contributed by atoms with Crippen molar-refractivity contribution in [2.75, 3.05) is 12.3 Å². The minimum absolute atomic E-state index is 0.0455. The molecule has 1 aliphatic rings. The van der Waals surface area contributed by atoms with Crippen LogP contribution in [0.1, 0.15) is 18.4 Å². The van der Waals surface area contributed by atoms with Crippen molar-refractivity contribution >= 4 is 23.6 Å². The molecule has 2 amide bonds. The fraction of sp³-hybridized carbons (Fsp3) is 0.429. The molecular formula is C14H18N2O2S. The summed E-state index contributed by atoms with van der Waals surface area (Å²) in [6, 6.07) is 9.59. The Morgan fingerprint density at radius 3 is 2.68 bits per heavy atom. The van der Waals surface area contributed by atoms with Crippen molar-refractivity contribution in [2.45, 2.75) is 24.6 Å². The van der Waals surface area contributed by atoms with Crippen LogP contribution in [0, 0.1) is 0 Å².